The van der Waals surface area contributed by atoms with E-state index in [1.54, 1.807) is 41.4 Å². The molecule has 2 aromatic heterocycles. The standard InChI is InChI=1S/C51H65FN10O3/c1-32-28-61(49-41(32)25-39(27-56-49)60-21-16-47(64)57-50(60)65)35-14-17-51(18-15-35)19-22-58(23-20-51)29-33-6-8-34(9-7-33)42-24-36(12-13-43(42)52)62-37-10-11-38(62)31-59(30-37)45(48(54)55)26-44(53)40-4-2-3-5-46(40)63/h2-5,12-13,24-28,33-35,37-38,63H,6-11,14-23,29-31,53-55H2,1H3,(H,57,64,65)/b44-26-. The van der Waals surface area contributed by atoms with Gasteiger partial charge in [-0.25, -0.2) is 14.2 Å². The zero-order chi connectivity index (χ0) is 45.0. The van der Waals surface area contributed by atoms with Crippen molar-refractivity contribution in [3.05, 3.63) is 101 Å². The van der Waals surface area contributed by atoms with Crippen LogP contribution in [0.3, 0.4) is 0 Å². The highest BCUT2D eigenvalue weighted by molar-refractivity contribution is 6.06. The number of allylic oxidation sites excluding steroid dienone is 1. The molecule has 2 aromatic carbocycles. The van der Waals surface area contributed by atoms with Crippen LogP contribution in [0.5, 0.6) is 5.75 Å². The molecule has 344 valence electrons. The first-order valence-electron chi connectivity index (χ1n) is 24.1. The number of amides is 3. The summed E-state index contributed by atoms with van der Waals surface area (Å²) in [5, 5.41) is 13.9. The number of likely N-dealkylation sites (tertiary alicyclic amines) is 2. The lowest BCUT2D eigenvalue weighted by Gasteiger charge is -2.47. The first-order valence-corrected chi connectivity index (χ1v) is 24.1. The number of nitrogens with one attached hydrogen (secondary N) is 1. The highest BCUT2D eigenvalue weighted by Gasteiger charge is 2.42. The van der Waals surface area contributed by atoms with E-state index in [1.165, 1.54) is 25.7 Å². The molecule has 0 radical (unpaired) electrons. The van der Waals surface area contributed by atoms with E-state index in [1.807, 2.05) is 18.2 Å². The Labute approximate surface area is 381 Å². The molecule has 14 heteroatoms. The van der Waals surface area contributed by atoms with Crippen molar-refractivity contribution >= 4 is 40.0 Å². The van der Waals surface area contributed by atoms with Gasteiger partial charge in [0.2, 0.25) is 5.91 Å². The summed E-state index contributed by atoms with van der Waals surface area (Å²) in [6.45, 7) is 7.42. The van der Waals surface area contributed by atoms with Crippen molar-refractivity contribution < 1.29 is 19.1 Å². The highest BCUT2D eigenvalue weighted by atomic mass is 19.1. The zero-order valence-corrected chi connectivity index (χ0v) is 37.7. The van der Waals surface area contributed by atoms with Gasteiger partial charge in [-0.05, 0) is 168 Å². The quantitative estimate of drug-likeness (QED) is 0.106. The van der Waals surface area contributed by atoms with Gasteiger partial charge in [0.25, 0.3) is 0 Å². The molecule has 6 aliphatic rings. The summed E-state index contributed by atoms with van der Waals surface area (Å²) in [4.78, 5) is 38.1. The third kappa shape index (κ3) is 8.50. The minimum atomic E-state index is -0.382. The molecule has 10 rings (SSSR count). The van der Waals surface area contributed by atoms with E-state index in [-0.39, 0.29) is 47.3 Å². The summed E-state index contributed by atoms with van der Waals surface area (Å²) in [5.74, 6) is 0.874. The number of carbonyl (C=O) groups excluding carboxylic acids is 2. The Bertz CT molecular complexity index is 2490. The summed E-state index contributed by atoms with van der Waals surface area (Å²) in [6.07, 6.45) is 19.8. The van der Waals surface area contributed by atoms with Crippen molar-refractivity contribution in [3.63, 3.8) is 0 Å². The van der Waals surface area contributed by atoms with Crippen LogP contribution in [0.2, 0.25) is 0 Å². The number of urea groups is 1. The molecule has 3 amide bonds. The third-order valence-electron chi connectivity index (χ3n) is 16.3. The first-order chi connectivity index (χ1) is 31.4. The second kappa shape index (κ2) is 17.6. The van der Waals surface area contributed by atoms with Crippen LogP contribution in [-0.4, -0.2) is 87.7 Å². The summed E-state index contributed by atoms with van der Waals surface area (Å²) >= 11 is 0. The fraction of sp³-hybridized carbons (Fsp3) is 0.510. The highest BCUT2D eigenvalue weighted by Crippen LogP contribution is 2.49. The molecular weight excluding hydrogens is 820 g/mol. The fourth-order valence-electron chi connectivity index (χ4n) is 12.6. The predicted molar refractivity (Wildman–Crippen MR) is 253 cm³/mol. The van der Waals surface area contributed by atoms with Crippen molar-refractivity contribution in [1.29, 1.82) is 0 Å². The average Bonchev–Trinajstić information content (AvgIpc) is 3.77. The largest absolute Gasteiger partial charge is 0.507 e. The number of halogens is 1. The van der Waals surface area contributed by atoms with E-state index >= 15 is 4.39 Å². The molecule has 4 aromatic rings. The minimum absolute atomic E-state index is 0.0846. The summed E-state index contributed by atoms with van der Waals surface area (Å²) < 4.78 is 18.1. The van der Waals surface area contributed by atoms with Crippen LogP contribution >= 0.6 is 0 Å². The van der Waals surface area contributed by atoms with Crippen molar-refractivity contribution in [3.8, 4) is 5.75 Å². The number of nitrogens with zero attached hydrogens (tertiary/aromatic N) is 6. The van der Waals surface area contributed by atoms with E-state index in [0.29, 0.717) is 47.3 Å². The monoisotopic (exact) mass is 885 g/mol. The third-order valence-corrected chi connectivity index (χ3v) is 16.3. The number of hydrogen-bond acceptors (Lipinski definition) is 10. The molecule has 2 bridgehead atoms. The van der Waals surface area contributed by atoms with Crippen LogP contribution in [0.1, 0.15) is 112 Å². The fourth-order valence-corrected chi connectivity index (χ4v) is 12.6. The molecule has 8 N–H and O–H groups in total. The molecule has 6 heterocycles. The van der Waals surface area contributed by atoms with E-state index in [2.05, 4.69) is 43.8 Å². The van der Waals surface area contributed by atoms with Gasteiger partial charge >= 0.3 is 6.03 Å². The molecule has 13 nitrogen and oxygen atoms in total. The second-order valence-electron chi connectivity index (χ2n) is 20.1. The number of anilines is 2. The minimum Gasteiger partial charge on any atom is -0.507 e. The Kier molecular flexibility index (Phi) is 11.7. The number of para-hydroxylation sites is 1. The summed E-state index contributed by atoms with van der Waals surface area (Å²) in [7, 11) is 0. The van der Waals surface area contributed by atoms with Crippen molar-refractivity contribution in [2.75, 3.05) is 49.1 Å². The van der Waals surface area contributed by atoms with Gasteiger partial charge < -0.3 is 41.6 Å². The number of rotatable bonds is 9. The van der Waals surface area contributed by atoms with Crippen LogP contribution in [0.25, 0.3) is 16.7 Å². The lowest BCUT2D eigenvalue weighted by atomic mass is 9.66. The number of benzene rings is 2. The van der Waals surface area contributed by atoms with Crippen LogP contribution in [0.15, 0.2) is 78.5 Å². The number of hydrogen-bond donors (Lipinski definition) is 5. The molecule has 1 spiro atoms. The Morgan fingerprint density at radius 1 is 0.877 bits per heavy atom. The molecule has 65 heavy (non-hydrogen) atoms. The van der Waals surface area contributed by atoms with E-state index in [0.717, 1.165) is 118 Å². The number of phenols is 1. The van der Waals surface area contributed by atoms with Gasteiger partial charge in [-0.15, -0.1) is 0 Å². The average molecular weight is 885 g/mol. The Balaban J connectivity index is 0.708. The number of aryl methyl sites for hydroxylation is 1. The van der Waals surface area contributed by atoms with Crippen molar-refractivity contribution in [2.45, 2.75) is 114 Å². The van der Waals surface area contributed by atoms with E-state index in [4.69, 9.17) is 22.2 Å². The van der Waals surface area contributed by atoms with E-state index in [9.17, 15) is 14.7 Å². The van der Waals surface area contributed by atoms with Gasteiger partial charge in [-0.2, -0.15) is 0 Å². The van der Waals surface area contributed by atoms with Gasteiger partial charge in [0, 0.05) is 79.3 Å². The smallest absolute Gasteiger partial charge is 0.328 e. The van der Waals surface area contributed by atoms with Gasteiger partial charge in [-0.3, -0.25) is 15.0 Å². The van der Waals surface area contributed by atoms with Crippen LogP contribution in [0, 0.1) is 24.1 Å². The number of piperidine rings is 1. The molecule has 4 aliphatic heterocycles. The number of nitrogens with two attached hydrogens (primary N) is 3. The SMILES string of the molecule is Cc1cn(C2CCC3(CC2)CCN(CC2CCC(c4cc(N5C6CCC5CN(C(/C=C(\N)c5ccccc5O)=C(N)N)C6)ccc4F)CC2)CC3)c2ncc(N3CCC(=O)NC3=O)cc12. The van der Waals surface area contributed by atoms with Gasteiger partial charge in [-0.1, -0.05) is 12.1 Å². The zero-order valence-electron chi connectivity index (χ0n) is 37.7. The number of fused-ring (bicyclic) bond motifs is 3. The molecule has 2 atom stereocenters. The normalized spacial score (nSPS) is 25.4. The topological polar surface area (TPSA) is 175 Å². The number of imide groups is 1. The van der Waals surface area contributed by atoms with Crippen LogP contribution in [-0.2, 0) is 4.79 Å². The van der Waals surface area contributed by atoms with E-state index < -0.39 is 0 Å². The number of aromatic hydroxyl groups is 1. The lowest BCUT2D eigenvalue weighted by molar-refractivity contribution is -0.120. The maximum atomic E-state index is 15.7. The second-order valence-corrected chi connectivity index (χ2v) is 20.1. The van der Waals surface area contributed by atoms with Crippen LogP contribution in [0.4, 0.5) is 20.6 Å². The van der Waals surface area contributed by atoms with Gasteiger partial charge in [0.1, 0.15) is 23.0 Å². The first kappa shape index (κ1) is 43.1. The molecular formula is C51H65FN10O3. The Hall–Kier alpha value is -5.76. The number of pyridine rings is 1. The molecule has 6 fully saturated rings. The maximum absolute atomic E-state index is 15.7. The predicted octanol–water partition coefficient (Wildman–Crippen LogP) is 7.55. The van der Waals surface area contributed by atoms with Crippen molar-refractivity contribution in [1.82, 2.24) is 24.7 Å². The van der Waals surface area contributed by atoms with Crippen LogP contribution < -0.4 is 32.3 Å². The number of carbonyl (C=O) groups is 2. The number of phenolic OH excluding ortho intramolecular Hbond substituents is 1. The van der Waals surface area contributed by atoms with Crippen molar-refractivity contribution in [2.24, 2.45) is 28.5 Å². The van der Waals surface area contributed by atoms with Gasteiger partial charge in [0.15, 0.2) is 0 Å². The molecule has 4 saturated heterocycles. The molecule has 2 aliphatic carbocycles. The molecule has 2 saturated carbocycles. The number of piperazine rings is 1. The Morgan fingerprint density at radius 3 is 2.29 bits per heavy atom. The number of aromatic nitrogens is 2. The Morgan fingerprint density at radius 2 is 1.60 bits per heavy atom. The summed E-state index contributed by atoms with van der Waals surface area (Å²) in [5.41, 5.74) is 25.8. The van der Waals surface area contributed by atoms with Gasteiger partial charge in [0.05, 0.1) is 17.6 Å². The lowest BCUT2D eigenvalue weighted by Crippen LogP contribution is -2.54. The molecule has 2 unspecified atom stereocenters. The maximum Gasteiger partial charge on any atom is 0.328 e. The summed E-state index contributed by atoms with van der Waals surface area (Å²) in [6, 6.07) is 15.3.